The quantitative estimate of drug-likeness (QED) is 0.878. The highest BCUT2D eigenvalue weighted by atomic mass is 16.5. The lowest BCUT2D eigenvalue weighted by molar-refractivity contribution is 0.401. The van der Waals surface area contributed by atoms with E-state index in [1.165, 1.54) is 0 Å². The predicted octanol–water partition coefficient (Wildman–Crippen LogP) is 2.30. The maximum absolute atomic E-state index is 5.33. The second kappa shape index (κ2) is 5.01. The van der Waals surface area contributed by atoms with E-state index in [2.05, 4.69) is 10.3 Å². The van der Waals surface area contributed by atoms with Gasteiger partial charge in [0.15, 0.2) is 0 Å². The average Bonchev–Trinajstić information content (AvgIpc) is 2.77. The number of aryl methyl sites for hydroxylation is 1. The van der Waals surface area contributed by atoms with Crippen LogP contribution in [0.5, 0.6) is 5.75 Å². The number of nitrogens with zero attached hydrogens (tertiary/aromatic N) is 1. The van der Waals surface area contributed by atoms with E-state index in [0.717, 1.165) is 22.8 Å². The molecule has 4 nitrogen and oxygen atoms in total. The zero-order valence-corrected chi connectivity index (χ0v) is 10.2. The first kappa shape index (κ1) is 11.7. The minimum atomic E-state index is -0.0244. The van der Waals surface area contributed by atoms with Crippen LogP contribution in [-0.4, -0.2) is 19.1 Å². The molecule has 0 saturated carbocycles. The van der Waals surface area contributed by atoms with E-state index in [-0.39, 0.29) is 6.04 Å². The van der Waals surface area contributed by atoms with Gasteiger partial charge < -0.3 is 14.5 Å². The van der Waals surface area contributed by atoms with E-state index in [4.69, 9.17) is 9.15 Å². The van der Waals surface area contributed by atoms with Gasteiger partial charge in [-0.1, -0.05) is 0 Å². The molecule has 0 bridgehead atoms. The molecule has 1 unspecified atom stereocenters. The summed E-state index contributed by atoms with van der Waals surface area (Å²) >= 11 is 0. The van der Waals surface area contributed by atoms with E-state index in [1.54, 1.807) is 19.6 Å². The van der Waals surface area contributed by atoms with Crippen molar-refractivity contribution in [2.24, 2.45) is 0 Å². The van der Waals surface area contributed by atoms with Crippen LogP contribution in [0.4, 0.5) is 0 Å². The molecular weight excluding hydrogens is 216 g/mol. The Kier molecular flexibility index (Phi) is 3.44. The van der Waals surface area contributed by atoms with Crippen LogP contribution in [-0.2, 0) is 0 Å². The fraction of sp³-hybridized carbons (Fsp3) is 0.308. The van der Waals surface area contributed by atoms with Crippen LogP contribution in [0.25, 0.3) is 0 Å². The van der Waals surface area contributed by atoms with E-state index in [0.29, 0.717) is 0 Å². The molecule has 0 aliphatic heterocycles. The number of nitrogens with one attached hydrogen (secondary N) is 1. The van der Waals surface area contributed by atoms with Gasteiger partial charge in [0.1, 0.15) is 17.2 Å². The first-order valence-electron chi connectivity index (χ1n) is 5.47. The average molecular weight is 232 g/mol. The molecule has 1 N–H and O–H groups in total. The van der Waals surface area contributed by atoms with Gasteiger partial charge in [-0.15, -0.1) is 0 Å². The number of rotatable bonds is 4. The van der Waals surface area contributed by atoms with Gasteiger partial charge in [-0.2, -0.15) is 0 Å². The van der Waals surface area contributed by atoms with Gasteiger partial charge in [0, 0.05) is 11.8 Å². The van der Waals surface area contributed by atoms with Crippen molar-refractivity contribution in [3.8, 4) is 5.75 Å². The van der Waals surface area contributed by atoms with Crippen LogP contribution in [0.3, 0.4) is 0 Å². The molecule has 2 rings (SSSR count). The lowest BCUT2D eigenvalue weighted by atomic mass is 10.1. The van der Waals surface area contributed by atoms with Crippen molar-refractivity contribution in [3.63, 3.8) is 0 Å². The lowest BCUT2D eigenvalue weighted by Gasteiger charge is -2.16. The Morgan fingerprint density at radius 3 is 2.88 bits per heavy atom. The van der Waals surface area contributed by atoms with Crippen LogP contribution < -0.4 is 10.1 Å². The van der Waals surface area contributed by atoms with Gasteiger partial charge in [0.2, 0.25) is 0 Å². The van der Waals surface area contributed by atoms with Gasteiger partial charge in [-0.05, 0) is 32.2 Å². The zero-order chi connectivity index (χ0) is 12.3. The summed E-state index contributed by atoms with van der Waals surface area (Å²) in [6.07, 6.45) is 3.50. The van der Waals surface area contributed by atoms with Crippen LogP contribution in [0.2, 0.25) is 0 Å². The normalized spacial score (nSPS) is 12.4. The van der Waals surface area contributed by atoms with Crippen molar-refractivity contribution in [3.05, 3.63) is 47.7 Å². The van der Waals surface area contributed by atoms with Crippen molar-refractivity contribution in [2.45, 2.75) is 13.0 Å². The minimum Gasteiger partial charge on any atom is -0.495 e. The molecule has 0 aromatic carbocycles. The van der Waals surface area contributed by atoms with Gasteiger partial charge in [0.05, 0.1) is 19.4 Å². The number of pyridine rings is 1. The molecule has 0 spiro atoms. The molecule has 1 atom stereocenters. The van der Waals surface area contributed by atoms with Crippen LogP contribution in [0, 0.1) is 6.92 Å². The summed E-state index contributed by atoms with van der Waals surface area (Å²) in [4.78, 5) is 4.38. The molecule has 0 radical (unpaired) electrons. The Balaban J connectivity index is 2.41. The molecule has 17 heavy (non-hydrogen) atoms. The summed E-state index contributed by atoms with van der Waals surface area (Å²) in [7, 11) is 3.54. The van der Waals surface area contributed by atoms with Crippen molar-refractivity contribution in [2.75, 3.05) is 14.2 Å². The molecule has 0 aliphatic rings. The smallest absolute Gasteiger partial charge is 0.142 e. The third kappa shape index (κ3) is 2.31. The summed E-state index contributed by atoms with van der Waals surface area (Å²) in [5.74, 6) is 1.65. The molecule has 4 heteroatoms. The Labute approximate surface area is 101 Å². The first-order valence-corrected chi connectivity index (χ1v) is 5.47. The molecule has 2 aromatic heterocycles. The summed E-state index contributed by atoms with van der Waals surface area (Å²) in [6.45, 7) is 1.92. The molecule has 0 amide bonds. The molecule has 0 fully saturated rings. The molecule has 2 aromatic rings. The zero-order valence-electron chi connectivity index (χ0n) is 10.2. The lowest BCUT2D eigenvalue weighted by Crippen LogP contribution is -2.19. The van der Waals surface area contributed by atoms with Crippen molar-refractivity contribution >= 4 is 0 Å². The van der Waals surface area contributed by atoms with Crippen molar-refractivity contribution < 1.29 is 9.15 Å². The van der Waals surface area contributed by atoms with Crippen LogP contribution in [0.1, 0.15) is 23.1 Å². The van der Waals surface area contributed by atoms with E-state index >= 15 is 0 Å². The molecule has 0 saturated heterocycles. The number of hydrogen-bond acceptors (Lipinski definition) is 4. The fourth-order valence-corrected chi connectivity index (χ4v) is 1.87. The van der Waals surface area contributed by atoms with Crippen molar-refractivity contribution in [1.82, 2.24) is 10.3 Å². The summed E-state index contributed by atoms with van der Waals surface area (Å²) < 4.78 is 10.7. The third-order valence-electron chi connectivity index (χ3n) is 2.67. The second-order valence-electron chi connectivity index (χ2n) is 3.80. The van der Waals surface area contributed by atoms with E-state index in [9.17, 15) is 0 Å². The highest BCUT2D eigenvalue weighted by Gasteiger charge is 2.19. The third-order valence-corrected chi connectivity index (χ3v) is 2.67. The highest BCUT2D eigenvalue weighted by Crippen LogP contribution is 2.28. The maximum Gasteiger partial charge on any atom is 0.142 e. The summed E-state index contributed by atoms with van der Waals surface area (Å²) in [5, 5.41) is 3.22. The van der Waals surface area contributed by atoms with Crippen molar-refractivity contribution in [1.29, 1.82) is 0 Å². The van der Waals surface area contributed by atoms with Gasteiger partial charge in [0.25, 0.3) is 0 Å². The largest absolute Gasteiger partial charge is 0.495 e. The van der Waals surface area contributed by atoms with Crippen LogP contribution in [0.15, 0.2) is 35.1 Å². The minimum absolute atomic E-state index is 0.0244. The number of aromatic nitrogens is 1. The van der Waals surface area contributed by atoms with Gasteiger partial charge in [-0.25, -0.2) is 0 Å². The SMILES string of the molecule is CNC(c1coc(C)c1)c1ncccc1OC. The number of methoxy groups -OCH3 is 1. The standard InChI is InChI=1S/C13H16N2O2/c1-9-7-10(8-17-9)12(14-2)13-11(16-3)5-4-6-15-13/h4-8,12,14H,1-3H3. The predicted molar refractivity (Wildman–Crippen MR) is 65.1 cm³/mol. The monoisotopic (exact) mass is 232 g/mol. The van der Waals surface area contributed by atoms with E-state index < -0.39 is 0 Å². The highest BCUT2D eigenvalue weighted by molar-refractivity contribution is 5.36. The number of hydrogen-bond donors (Lipinski definition) is 1. The maximum atomic E-state index is 5.33. The number of furan rings is 1. The van der Waals surface area contributed by atoms with Gasteiger partial charge in [-0.3, -0.25) is 4.98 Å². The molecule has 90 valence electrons. The second-order valence-corrected chi connectivity index (χ2v) is 3.80. The Morgan fingerprint density at radius 2 is 2.29 bits per heavy atom. The topological polar surface area (TPSA) is 47.3 Å². The molecule has 0 aliphatic carbocycles. The fourth-order valence-electron chi connectivity index (χ4n) is 1.87. The van der Waals surface area contributed by atoms with Gasteiger partial charge >= 0.3 is 0 Å². The summed E-state index contributed by atoms with van der Waals surface area (Å²) in [6, 6.07) is 5.73. The number of ether oxygens (including phenoxy) is 1. The van der Waals surface area contributed by atoms with Crippen LogP contribution >= 0.6 is 0 Å². The Bertz CT molecular complexity index is 494. The first-order chi connectivity index (χ1) is 8.26. The summed E-state index contributed by atoms with van der Waals surface area (Å²) in [5.41, 5.74) is 1.90. The van der Waals surface area contributed by atoms with E-state index in [1.807, 2.05) is 32.2 Å². The molecule has 2 heterocycles. The Hall–Kier alpha value is -1.81. The molecular formula is C13H16N2O2. The Morgan fingerprint density at radius 1 is 1.47 bits per heavy atom.